The highest BCUT2D eigenvalue weighted by molar-refractivity contribution is 5.49. The molecule has 0 bridgehead atoms. The molecule has 2 N–H and O–H groups in total. The van der Waals surface area contributed by atoms with E-state index in [0.717, 1.165) is 12.1 Å². The number of halogens is 3. The van der Waals surface area contributed by atoms with Crippen LogP contribution in [-0.2, 0) is 0 Å². The Hall–Kier alpha value is -2.21. The Labute approximate surface area is 120 Å². The average Bonchev–Trinajstić information content (AvgIpc) is 2.46. The van der Waals surface area contributed by atoms with Crippen LogP contribution in [0.15, 0.2) is 36.4 Å². The molecule has 0 radical (unpaired) electrons. The molecule has 21 heavy (non-hydrogen) atoms. The Balaban J connectivity index is 2.09. The first kappa shape index (κ1) is 15.2. The zero-order chi connectivity index (χ0) is 15.4. The highest BCUT2D eigenvalue weighted by atomic mass is 19.1. The molecule has 112 valence electrons. The summed E-state index contributed by atoms with van der Waals surface area (Å²) in [5, 5.41) is 12.6. The number of benzene rings is 2. The molecule has 0 aliphatic carbocycles. The summed E-state index contributed by atoms with van der Waals surface area (Å²) in [5.74, 6) is -2.13. The van der Waals surface area contributed by atoms with Crippen molar-refractivity contribution in [2.75, 3.05) is 19.0 Å². The Morgan fingerprint density at radius 2 is 1.76 bits per heavy atom. The monoisotopic (exact) mass is 297 g/mol. The molecule has 0 spiro atoms. The van der Waals surface area contributed by atoms with Crippen molar-refractivity contribution < 1.29 is 23.0 Å². The van der Waals surface area contributed by atoms with Crippen molar-refractivity contribution >= 4 is 5.69 Å². The van der Waals surface area contributed by atoms with Crippen LogP contribution < -0.4 is 10.1 Å². The first-order valence-corrected chi connectivity index (χ1v) is 6.22. The number of aliphatic hydroxyl groups excluding tert-OH is 1. The number of rotatable bonds is 5. The van der Waals surface area contributed by atoms with E-state index < -0.39 is 29.1 Å². The molecule has 0 aliphatic rings. The maximum Gasteiger partial charge on any atom is 0.165 e. The fraction of sp³-hybridized carbons (Fsp3) is 0.200. The molecule has 0 aliphatic heterocycles. The first-order chi connectivity index (χ1) is 10.0. The number of ether oxygens (including phenoxy) is 1. The van der Waals surface area contributed by atoms with Crippen LogP contribution in [0.4, 0.5) is 18.9 Å². The first-order valence-electron chi connectivity index (χ1n) is 6.22. The Kier molecular flexibility index (Phi) is 4.70. The number of hydrogen-bond acceptors (Lipinski definition) is 3. The molecular weight excluding hydrogens is 283 g/mol. The van der Waals surface area contributed by atoms with E-state index in [2.05, 4.69) is 5.32 Å². The van der Waals surface area contributed by atoms with Gasteiger partial charge >= 0.3 is 0 Å². The Bertz CT molecular complexity index is 614. The fourth-order valence-corrected chi connectivity index (χ4v) is 1.92. The van der Waals surface area contributed by atoms with E-state index in [-0.39, 0.29) is 12.3 Å². The van der Waals surface area contributed by atoms with Gasteiger partial charge in [-0.15, -0.1) is 0 Å². The number of hydrogen-bond donors (Lipinski definition) is 2. The van der Waals surface area contributed by atoms with Crippen LogP contribution in [0.25, 0.3) is 0 Å². The molecular formula is C15H14F3NO2. The molecule has 2 aromatic rings. The molecule has 1 unspecified atom stereocenters. The van der Waals surface area contributed by atoms with E-state index in [1.165, 1.54) is 31.4 Å². The maximum absolute atomic E-state index is 13.5. The lowest BCUT2D eigenvalue weighted by molar-refractivity contribution is 0.181. The lowest BCUT2D eigenvalue weighted by Gasteiger charge is -2.15. The second kappa shape index (κ2) is 6.49. The van der Waals surface area contributed by atoms with Gasteiger partial charge in [0, 0.05) is 18.3 Å². The largest absolute Gasteiger partial charge is 0.494 e. The quantitative estimate of drug-likeness (QED) is 0.890. The van der Waals surface area contributed by atoms with Gasteiger partial charge in [-0.25, -0.2) is 13.2 Å². The summed E-state index contributed by atoms with van der Waals surface area (Å²) >= 11 is 0. The van der Waals surface area contributed by atoms with Crippen molar-refractivity contribution in [3.05, 3.63) is 59.4 Å². The number of nitrogens with one attached hydrogen (secondary N) is 1. The molecule has 3 nitrogen and oxygen atoms in total. The topological polar surface area (TPSA) is 41.5 Å². The van der Waals surface area contributed by atoms with Crippen molar-refractivity contribution in [1.82, 2.24) is 0 Å². The van der Waals surface area contributed by atoms with Gasteiger partial charge in [0.15, 0.2) is 11.6 Å². The molecule has 1 atom stereocenters. The summed E-state index contributed by atoms with van der Waals surface area (Å²) in [7, 11) is 1.33. The molecule has 0 saturated heterocycles. The molecule has 0 heterocycles. The second-order valence-corrected chi connectivity index (χ2v) is 4.38. The van der Waals surface area contributed by atoms with Gasteiger partial charge in [0.1, 0.15) is 17.7 Å². The molecule has 0 saturated carbocycles. The number of methoxy groups -OCH3 is 1. The molecule has 2 aromatic carbocycles. The Morgan fingerprint density at radius 1 is 1.10 bits per heavy atom. The zero-order valence-corrected chi connectivity index (χ0v) is 11.2. The van der Waals surface area contributed by atoms with Gasteiger partial charge in [0.2, 0.25) is 0 Å². The summed E-state index contributed by atoms with van der Waals surface area (Å²) in [6.07, 6.45) is -1.37. The van der Waals surface area contributed by atoms with E-state index >= 15 is 0 Å². The Morgan fingerprint density at radius 3 is 2.38 bits per heavy atom. The van der Waals surface area contributed by atoms with E-state index in [4.69, 9.17) is 4.74 Å². The van der Waals surface area contributed by atoms with Crippen LogP contribution in [0.1, 0.15) is 11.7 Å². The molecule has 6 heteroatoms. The molecule has 2 rings (SSSR count). The van der Waals surface area contributed by atoms with Crippen LogP contribution in [0.3, 0.4) is 0 Å². The van der Waals surface area contributed by atoms with Crippen LogP contribution in [-0.4, -0.2) is 18.8 Å². The minimum Gasteiger partial charge on any atom is -0.494 e. The van der Waals surface area contributed by atoms with Crippen molar-refractivity contribution in [1.29, 1.82) is 0 Å². The SMILES string of the molecule is COc1cc(NCC(O)c2c(F)cccc2F)ccc1F. The van der Waals surface area contributed by atoms with E-state index in [1.807, 2.05) is 0 Å². The summed E-state index contributed by atoms with van der Waals surface area (Å²) < 4.78 is 45.1. The van der Waals surface area contributed by atoms with Crippen LogP contribution in [0.5, 0.6) is 5.75 Å². The van der Waals surface area contributed by atoms with Gasteiger partial charge in [-0.3, -0.25) is 0 Å². The number of aliphatic hydroxyl groups is 1. The van der Waals surface area contributed by atoms with Crippen molar-refractivity contribution in [3.8, 4) is 5.75 Å². The van der Waals surface area contributed by atoms with Gasteiger partial charge in [-0.1, -0.05) is 6.07 Å². The predicted molar refractivity (Wildman–Crippen MR) is 72.8 cm³/mol. The standard InChI is InChI=1S/C15H14F3NO2/c1-21-14-7-9(5-6-10(14)16)19-8-13(20)15-11(17)3-2-4-12(15)18/h2-7,13,19-20H,8H2,1H3. The highest BCUT2D eigenvalue weighted by Gasteiger charge is 2.17. The van der Waals surface area contributed by atoms with Gasteiger partial charge in [-0.2, -0.15) is 0 Å². The minimum absolute atomic E-state index is 0.0339. The number of anilines is 1. The van der Waals surface area contributed by atoms with Crippen molar-refractivity contribution in [2.45, 2.75) is 6.10 Å². The third-order valence-corrected chi connectivity index (χ3v) is 2.98. The van der Waals surface area contributed by atoms with E-state index in [1.54, 1.807) is 0 Å². The van der Waals surface area contributed by atoms with Crippen molar-refractivity contribution in [3.63, 3.8) is 0 Å². The smallest absolute Gasteiger partial charge is 0.165 e. The lowest BCUT2D eigenvalue weighted by Crippen LogP contribution is -2.15. The van der Waals surface area contributed by atoms with E-state index in [9.17, 15) is 18.3 Å². The fourth-order valence-electron chi connectivity index (χ4n) is 1.92. The summed E-state index contributed by atoms with van der Waals surface area (Å²) in [6.45, 7) is -0.132. The van der Waals surface area contributed by atoms with Crippen LogP contribution in [0, 0.1) is 17.5 Å². The van der Waals surface area contributed by atoms with Crippen molar-refractivity contribution in [2.24, 2.45) is 0 Å². The third-order valence-electron chi connectivity index (χ3n) is 2.98. The predicted octanol–water partition coefficient (Wildman–Crippen LogP) is 3.26. The van der Waals surface area contributed by atoms with Gasteiger partial charge in [0.05, 0.1) is 12.7 Å². The highest BCUT2D eigenvalue weighted by Crippen LogP contribution is 2.24. The van der Waals surface area contributed by atoms with Crippen LogP contribution in [0.2, 0.25) is 0 Å². The van der Waals surface area contributed by atoms with Gasteiger partial charge < -0.3 is 15.2 Å². The van der Waals surface area contributed by atoms with E-state index in [0.29, 0.717) is 5.69 Å². The molecule has 0 fully saturated rings. The summed E-state index contributed by atoms with van der Waals surface area (Å²) in [5.41, 5.74) is 0.0584. The van der Waals surface area contributed by atoms with Crippen LogP contribution >= 0.6 is 0 Å². The molecule has 0 amide bonds. The summed E-state index contributed by atoms with van der Waals surface area (Å²) in [6, 6.07) is 7.38. The third kappa shape index (κ3) is 3.46. The second-order valence-electron chi connectivity index (χ2n) is 4.38. The van der Waals surface area contributed by atoms with Gasteiger partial charge in [0.25, 0.3) is 0 Å². The normalized spacial score (nSPS) is 12.0. The molecule has 0 aromatic heterocycles. The minimum atomic E-state index is -1.37. The van der Waals surface area contributed by atoms with Gasteiger partial charge in [-0.05, 0) is 24.3 Å². The maximum atomic E-state index is 13.5. The zero-order valence-electron chi connectivity index (χ0n) is 11.2. The average molecular weight is 297 g/mol. The summed E-state index contributed by atoms with van der Waals surface area (Å²) in [4.78, 5) is 0. The lowest BCUT2D eigenvalue weighted by atomic mass is 10.1.